The molecule has 1 aromatic heterocycles. The molecule has 140 valence electrons. The molecule has 1 amide bonds. The minimum absolute atomic E-state index is 0.00248. The maximum atomic E-state index is 12.6. The topological polar surface area (TPSA) is 37.3 Å². The van der Waals surface area contributed by atoms with Crippen molar-refractivity contribution in [3.05, 3.63) is 89.7 Å². The van der Waals surface area contributed by atoms with Crippen LogP contribution in [0.1, 0.15) is 29.2 Å². The summed E-state index contributed by atoms with van der Waals surface area (Å²) in [6, 6.07) is 20.5. The molecule has 0 aliphatic heterocycles. The van der Waals surface area contributed by atoms with Crippen molar-refractivity contribution in [2.75, 3.05) is 19.0 Å². The lowest BCUT2D eigenvalue weighted by Crippen LogP contribution is -2.26. The van der Waals surface area contributed by atoms with E-state index in [4.69, 9.17) is 0 Å². The van der Waals surface area contributed by atoms with Gasteiger partial charge in [0.25, 0.3) is 0 Å². The van der Waals surface area contributed by atoms with Crippen LogP contribution in [0.2, 0.25) is 0 Å². The van der Waals surface area contributed by atoms with Crippen LogP contribution in [0, 0.1) is 6.92 Å². The number of amides is 1. The molecule has 3 aromatic rings. The first-order chi connectivity index (χ1) is 13.0. The highest BCUT2D eigenvalue weighted by Crippen LogP contribution is 2.25. The smallest absolute Gasteiger partial charge is 0.222 e. The van der Waals surface area contributed by atoms with Crippen LogP contribution in [0.5, 0.6) is 0 Å². The predicted octanol–water partition coefficient (Wildman–Crippen LogP) is 4.16. The largest absolute Gasteiger partial charge is 0.378 e. The third kappa shape index (κ3) is 4.79. The van der Waals surface area contributed by atoms with Crippen LogP contribution in [0.4, 0.5) is 5.69 Å². The highest BCUT2D eigenvalue weighted by molar-refractivity contribution is 5.77. The molecule has 0 saturated heterocycles. The van der Waals surface area contributed by atoms with Crippen molar-refractivity contribution in [3.63, 3.8) is 0 Å². The summed E-state index contributed by atoms with van der Waals surface area (Å²) < 4.78 is 2.10. The Morgan fingerprint density at radius 1 is 1.00 bits per heavy atom. The zero-order chi connectivity index (χ0) is 19.2. The molecule has 1 atom stereocenters. The Kier molecular flexibility index (Phi) is 5.97. The van der Waals surface area contributed by atoms with Gasteiger partial charge in [0.2, 0.25) is 5.91 Å². The minimum atomic E-state index is -0.00248. The molecule has 0 unspecified atom stereocenters. The first kappa shape index (κ1) is 18.8. The fourth-order valence-corrected chi connectivity index (χ4v) is 3.25. The number of nitrogens with zero attached hydrogens (tertiary/aromatic N) is 2. The quantitative estimate of drug-likeness (QED) is 0.686. The lowest BCUT2D eigenvalue weighted by atomic mass is 9.98. The molecule has 0 saturated carbocycles. The molecule has 1 N–H and O–H groups in total. The Morgan fingerprint density at radius 3 is 2.30 bits per heavy atom. The molecular formula is C23H27N3O. The number of aryl methyl sites for hydroxylation is 1. The van der Waals surface area contributed by atoms with Crippen LogP contribution in [0.15, 0.2) is 73.1 Å². The van der Waals surface area contributed by atoms with Crippen LogP contribution in [-0.4, -0.2) is 24.6 Å². The fourth-order valence-electron chi connectivity index (χ4n) is 3.25. The highest BCUT2D eigenvalue weighted by Gasteiger charge is 2.18. The summed E-state index contributed by atoms with van der Waals surface area (Å²) in [6.45, 7) is 2.63. The van der Waals surface area contributed by atoms with Crippen molar-refractivity contribution in [3.8, 4) is 0 Å². The molecule has 4 nitrogen and oxygen atoms in total. The second-order valence-electron chi connectivity index (χ2n) is 7.04. The standard InChI is InChI=1S/C23H27N3O/c1-18-8-4-5-9-21(18)22(26-14-6-7-15-26)16-23(27)24-17-19-10-12-20(13-11-19)25(2)3/h4-15,22H,16-17H2,1-3H3,(H,24,27)/t22-/m1/s1. The number of aromatic nitrogens is 1. The van der Waals surface area contributed by atoms with Gasteiger partial charge >= 0.3 is 0 Å². The van der Waals surface area contributed by atoms with E-state index in [1.807, 2.05) is 50.8 Å². The number of carbonyl (C=O) groups is 1. The van der Waals surface area contributed by atoms with E-state index in [9.17, 15) is 4.79 Å². The van der Waals surface area contributed by atoms with Crippen molar-refractivity contribution < 1.29 is 4.79 Å². The molecule has 1 heterocycles. The summed E-state index contributed by atoms with van der Waals surface area (Å²) in [5.74, 6) is 0.0497. The molecule has 2 aromatic carbocycles. The molecule has 0 aliphatic rings. The summed E-state index contributed by atoms with van der Waals surface area (Å²) in [5.41, 5.74) is 4.63. The number of anilines is 1. The Morgan fingerprint density at radius 2 is 1.67 bits per heavy atom. The third-order valence-electron chi connectivity index (χ3n) is 4.86. The zero-order valence-electron chi connectivity index (χ0n) is 16.2. The number of rotatable bonds is 7. The van der Waals surface area contributed by atoms with Gasteiger partial charge < -0.3 is 14.8 Å². The lowest BCUT2D eigenvalue weighted by Gasteiger charge is -2.21. The maximum Gasteiger partial charge on any atom is 0.222 e. The fraction of sp³-hybridized carbons (Fsp3) is 0.261. The van der Waals surface area contributed by atoms with E-state index in [1.165, 1.54) is 11.1 Å². The second kappa shape index (κ2) is 8.58. The molecule has 0 fully saturated rings. The van der Waals surface area contributed by atoms with E-state index in [2.05, 4.69) is 58.1 Å². The molecule has 0 aliphatic carbocycles. The van der Waals surface area contributed by atoms with Crippen LogP contribution in [0.3, 0.4) is 0 Å². The van der Waals surface area contributed by atoms with E-state index in [0.29, 0.717) is 13.0 Å². The number of benzene rings is 2. The first-order valence-electron chi connectivity index (χ1n) is 9.25. The first-order valence-corrected chi connectivity index (χ1v) is 9.25. The summed E-state index contributed by atoms with van der Waals surface area (Å²) in [6.07, 6.45) is 4.45. The van der Waals surface area contributed by atoms with Crippen molar-refractivity contribution in [1.29, 1.82) is 0 Å². The molecule has 3 rings (SSSR count). The van der Waals surface area contributed by atoms with Gasteiger partial charge in [0.05, 0.1) is 12.5 Å². The van der Waals surface area contributed by atoms with Gasteiger partial charge in [0.1, 0.15) is 0 Å². The van der Waals surface area contributed by atoms with Gasteiger partial charge in [-0.3, -0.25) is 4.79 Å². The van der Waals surface area contributed by atoms with Crippen LogP contribution in [-0.2, 0) is 11.3 Å². The molecule has 4 heteroatoms. The van der Waals surface area contributed by atoms with E-state index in [1.54, 1.807) is 0 Å². The Bertz CT molecular complexity index is 867. The SMILES string of the molecule is Cc1ccccc1[C@@H](CC(=O)NCc1ccc(N(C)C)cc1)n1cccc1. The van der Waals surface area contributed by atoms with Crippen LogP contribution in [0.25, 0.3) is 0 Å². The van der Waals surface area contributed by atoms with Gasteiger partial charge in [-0.05, 0) is 47.9 Å². The van der Waals surface area contributed by atoms with Gasteiger partial charge in [0, 0.05) is 38.7 Å². The van der Waals surface area contributed by atoms with Crippen molar-refractivity contribution in [1.82, 2.24) is 9.88 Å². The van der Waals surface area contributed by atoms with Crippen molar-refractivity contribution >= 4 is 11.6 Å². The van der Waals surface area contributed by atoms with Gasteiger partial charge in [-0.15, -0.1) is 0 Å². The lowest BCUT2D eigenvalue weighted by molar-refractivity contribution is -0.121. The third-order valence-corrected chi connectivity index (χ3v) is 4.86. The van der Waals surface area contributed by atoms with Gasteiger partial charge in [-0.1, -0.05) is 36.4 Å². The predicted molar refractivity (Wildman–Crippen MR) is 111 cm³/mol. The summed E-state index contributed by atoms with van der Waals surface area (Å²) in [7, 11) is 4.04. The molecule has 0 spiro atoms. The number of nitrogens with one attached hydrogen (secondary N) is 1. The summed E-state index contributed by atoms with van der Waals surface area (Å²) in [4.78, 5) is 14.7. The zero-order valence-corrected chi connectivity index (χ0v) is 16.2. The summed E-state index contributed by atoms with van der Waals surface area (Å²) >= 11 is 0. The van der Waals surface area contributed by atoms with E-state index < -0.39 is 0 Å². The highest BCUT2D eigenvalue weighted by atomic mass is 16.1. The molecule has 0 radical (unpaired) electrons. The number of carbonyl (C=O) groups excluding carboxylic acids is 1. The second-order valence-corrected chi connectivity index (χ2v) is 7.04. The normalized spacial score (nSPS) is 11.8. The van der Waals surface area contributed by atoms with E-state index in [-0.39, 0.29) is 11.9 Å². The van der Waals surface area contributed by atoms with Gasteiger partial charge in [-0.25, -0.2) is 0 Å². The average molecular weight is 361 g/mol. The number of hydrogen-bond acceptors (Lipinski definition) is 2. The Labute approximate surface area is 161 Å². The maximum absolute atomic E-state index is 12.6. The monoisotopic (exact) mass is 361 g/mol. The molecular weight excluding hydrogens is 334 g/mol. The molecule has 27 heavy (non-hydrogen) atoms. The van der Waals surface area contributed by atoms with Gasteiger partial charge in [-0.2, -0.15) is 0 Å². The summed E-state index contributed by atoms with van der Waals surface area (Å²) in [5, 5.41) is 3.06. The van der Waals surface area contributed by atoms with Gasteiger partial charge in [0.15, 0.2) is 0 Å². The Hall–Kier alpha value is -3.01. The van der Waals surface area contributed by atoms with Crippen molar-refractivity contribution in [2.45, 2.75) is 25.9 Å². The van der Waals surface area contributed by atoms with Crippen LogP contribution < -0.4 is 10.2 Å². The number of hydrogen-bond donors (Lipinski definition) is 1. The van der Waals surface area contributed by atoms with Crippen molar-refractivity contribution in [2.24, 2.45) is 0 Å². The van der Waals surface area contributed by atoms with E-state index >= 15 is 0 Å². The van der Waals surface area contributed by atoms with E-state index in [0.717, 1.165) is 11.3 Å². The van der Waals surface area contributed by atoms with Crippen LogP contribution >= 0.6 is 0 Å². The average Bonchev–Trinajstić information content (AvgIpc) is 3.20. The molecule has 0 bridgehead atoms. The Balaban J connectivity index is 1.67. The minimum Gasteiger partial charge on any atom is -0.378 e.